The van der Waals surface area contributed by atoms with E-state index in [2.05, 4.69) is 5.32 Å². The highest BCUT2D eigenvalue weighted by molar-refractivity contribution is 7.92. The molecule has 0 spiro atoms. The van der Waals surface area contributed by atoms with Crippen LogP contribution >= 0.6 is 0 Å². The van der Waals surface area contributed by atoms with Gasteiger partial charge in [0.2, 0.25) is 5.91 Å². The SMILES string of the molecule is NCc1cccc(NC(=O)CCS(=O)(=O)C2CCCC2)c1. The smallest absolute Gasteiger partial charge is 0.225 e. The van der Waals surface area contributed by atoms with Crippen molar-refractivity contribution in [3.05, 3.63) is 29.8 Å². The number of rotatable bonds is 6. The van der Waals surface area contributed by atoms with Crippen LogP contribution in [0.5, 0.6) is 0 Å². The second-order valence-corrected chi connectivity index (χ2v) is 7.88. The number of benzene rings is 1. The number of nitrogens with two attached hydrogens (primary N) is 1. The van der Waals surface area contributed by atoms with Gasteiger partial charge in [-0.3, -0.25) is 4.79 Å². The summed E-state index contributed by atoms with van der Waals surface area (Å²) in [6.07, 6.45) is 3.43. The molecule has 21 heavy (non-hydrogen) atoms. The first kappa shape index (κ1) is 16.0. The highest BCUT2D eigenvalue weighted by Crippen LogP contribution is 2.25. The van der Waals surface area contributed by atoms with E-state index in [1.807, 2.05) is 12.1 Å². The van der Waals surface area contributed by atoms with Gasteiger partial charge in [0.25, 0.3) is 0 Å². The van der Waals surface area contributed by atoms with E-state index in [1.54, 1.807) is 12.1 Å². The molecule has 1 aliphatic carbocycles. The van der Waals surface area contributed by atoms with Crippen LogP contribution in [0.15, 0.2) is 24.3 Å². The zero-order valence-corrected chi connectivity index (χ0v) is 12.9. The summed E-state index contributed by atoms with van der Waals surface area (Å²) in [4.78, 5) is 11.9. The fourth-order valence-electron chi connectivity index (χ4n) is 2.65. The molecule has 116 valence electrons. The number of carbonyl (C=O) groups excluding carboxylic acids is 1. The molecule has 0 unspecified atom stereocenters. The second-order valence-electron chi connectivity index (χ2n) is 5.48. The van der Waals surface area contributed by atoms with Crippen molar-refractivity contribution in [2.75, 3.05) is 11.1 Å². The van der Waals surface area contributed by atoms with E-state index in [1.165, 1.54) is 0 Å². The molecular formula is C15H22N2O3S. The standard InChI is InChI=1S/C15H22N2O3S/c16-11-12-4-3-5-13(10-12)17-15(18)8-9-21(19,20)14-6-1-2-7-14/h3-5,10,14H,1-2,6-9,11,16H2,(H,17,18). The van der Waals surface area contributed by atoms with Gasteiger partial charge in [-0.05, 0) is 30.5 Å². The molecule has 0 radical (unpaired) electrons. The summed E-state index contributed by atoms with van der Waals surface area (Å²) < 4.78 is 24.2. The molecule has 1 aromatic carbocycles. The first-order valence-corrected chi connectivity index (χ1v) is 9.03. The molecule has 0 saturated heterocycles. The molecule has 0 heterocycles. The first-order valence-electron chi connectivity index (χ1n) is 7.32. The van der Waals surface area contributed by atoms with E-state index in [4.69, 9.17) is 5.73 Å². The molecule has 5 nitrogen and oxygen atoms in total. The second kappa shape index (κ2) is 7.04. The maximum Gasteiger partial charge on any atom is 0.225 e. The van der Waals surface area contributed by atoms with E-state index >= 15 is 0 Å². The summed E-state index contributed by atoms with van der Waals surface area (Å²) in [7, 11) is -3.14. The fraction of sp³-hybridized carbons (Fsp3) is 0.533. The number of hydrogen-bond acceptors (Lipinski definition) is 4. The Balaban J connectivity index is 1.87. The van der Waals surface area contributed by atoms with Gasteiger partial charge in [0, 0.05) is 18.7 Å². The Labute approximate surface area is 125 Å². The van der Waals surface area contributed by atoms with Crippen LogP contribution in [0.3, 0.4) is 0 Å². The molecule has 6 heteroatoms. The van der Waals surface area contributed by atoms with Gasteiger partial charge in [-0.2, -0.15) is 0 Å². The minimum absolute atomic E-state index is 0.00564. The quantitative estimate of drug-likeness (QED) is 0.839. The number of nitrogens with one attached hydrogen (secondary N) is 1. The van der Waals surface area contributed by atoms with E-state index in [0.29, 0.717) is 12.2 Å². The molecule has 1 amide bonds. The molecule has 1 aliphatic rings. The van der Waals surface area contributed by atoms with Gasteiger partial charge in [0.15, 0.2) is 9.84 Å². The lowest BCUT2D eigenvalue weighted by atomic mass is 10.2. The highest BCUT2D eigenvalue weighted by Gasteiger charge is 2.28. The van der Waals surface area contributed by atoms with Crippen molar-refractivity contribution in [1.29, 1.82) is 0 Å². The summed E-state index contributed by atoms with van der Waals surface area (Å²) in [6, 6.07) is 7.25. The number of hydrogen-bond donors (Lipinski definition) is 2. The van der Waals surface area contributed by atoms with Crippen molar-refractivity contribution < 1.29 is 13.2 Å². The minimum atomic E-state index is -3.14. The van der Waals surface area contributed by atoms with Crippen molar-refractivity contribution in [2.24, 2.45) is 5.73 Å². The molecule has 3 N–H and O–H groups in total. The van der Waals surface area contributed by atoms with Crippen molar-refractivity contribution in [3.8, 4) is 0 Å². The molecule has 0 bridgehead atoms. The number of carbonyl (C=O) groups is 1. The topological polar surface area (TPSA) is 89.3 Å². The first-order chi connectivity index (χ1) is 10.0. The Bertz CT molecular complexity index is 593. The van der Waals surface area contributed by atoms with Crippen LogP contribution < -0.4 is 11.1 Å². The highest BCUT2D eigenvalue weighted by atomic mass is 32.2. The third-order valence-corrected chi connectivity index (χ3v) is 6.13. The molecule has 0 aromatic heterocycles. The third-order valence-electron chi connectivity index (χ3n) is 3.87. The van der Waals surface area contributed by atoms with E-state index in [0.717, 1.165) is 31.2 Å². The zero-order valence-electron chi connectivity index (χ0n) is 12.0. The zero-order chi connectivity index (χ0) is 15.3. The molecule has 0 aliphatic heterocycles. The van der Waals surface area contributed by atoms with Crippen LogP contribution in [0, 0.1) is 0 Å². The lowest BCUT2D eigenvalue weighted by Gasteiger charge is -2.11. The Morgan fingerprint density at radius 1 is 1.29 bits per heavy atom. The van der Waals surface area contributed by atoms with Crippen molar-refractivity contribution >= 4 is 21.4 Å². The monoisotopic (exact) mass is 310 g/mol. The lowest BCUT2D eigenvalue weighted by Crippen LogP contribution is -2.24. The Hall–Kier alpha value is -1.40. The van der Waals surface area contributed by atoms with Crippen LogP contribution in [0.1, 0.15) is 37.7 Å². The molecule has 2 rings (SSSR count). The summed E-state index contributed by atoms with van der Waals surface area (Å²) in [6.45, 7) is 0.403. The van der Waals surface area contributed by atoms with Crippen molar-refractivity contribution in [1.82, 2.24) is 0 Å². The average molecular weight is 310 g/mol. The van der Waals surface area contributed by atoms with Gasteiger partial charge in [-0.1, -0.05) is 25.0 Å². The van der Waals surface area contributed by atoms with Gasteiger partial charge < -0.3 is 11.1 Å². The molecule has 1 aromatic rings. The normalized spacial score (nSPS) is 16.0. The largest absolute Gasteiger partial charge is 0.326 e. The lowest BCUT2D eigenvalue weighted by molar-refractivity contribution is -0.115. The predicted octanol–water partition coefficient (Wildman–Crippen LogP) is 1.83. The van der Waals surface area contributed by atoms with Gasteiger partial charge in [0.05, 0.1) is 11.0 Å². The molecule has 0 atom stereocenters. The van der Waals surface area contributed by atoms with Crippen molar-refractivity contribution in [3.63, 3.8) is 0 Å². The van der Waals surface area contributed by atoms with Crippen LogP contribution in [-0.2, 0) is 21.2 Å². The number of sulfone groups is 1. The molecule has 1 fully saturated rings. The number of amides is 1. The number of anilines is 1. The maximum absolute atomic E-state index is 12.1. The van der Waals surface area contributed by atoms with Crippen LogP contribution in [0.4, 0.5) is 5.69 Å². The van der Waals surface area contributed by atoms with Crippen LogP contribution in [-0.4, -0.2) is 25.3 Å². The minimum Gasteiger partial charge on any atom is -0.326 e. The summed E-state index contributed by atoms with van der Waals surface area (Å²) in [5, 5.41) is 2.48. The summed E-state index contributed by atoms with van der Waals surface area (Å²) in [5.41, 5.74) is 7.12. The third kappa shape index (κ3) is 4.54. The van der Waals surface area contributed by atoms with E-state index in [-0.39, 0.29) is 23.3 Å². The van der Waals surface area contributed by atoms with Gasteiger partial charge >= 0.3 is 0 Å². The van der Waals surface area contributed by atoms with Crippen LogP contribution in [0.25, 0.3) is 0 Å². The van der Waals surface area contributed by atoms with Gasteiger partial charge in [-0.25, -0.2) is 8.42 Å². The van der Waals surface area contributed by atoms with Gasteiger partial charge in [-0.15, -0.1) is 0 Å². The summed E-state index contributed by atoms with van der Waals surface area (Å²) >= 11 is 0. The summed E-state index contributed by atoms with van der Waals surface area (Å²) in [5.74, 6) is -0.342. The fourth-order valence-corrected chi connectivity index (χ4v) is 4.50. The average Bonchev–Trinajstić information content (AvgIpc) is 3.00. The molecular weight excluding hydrogens is 288 g/mol. The van der Waals surface area contributed by atoms with E-state index in [9.17, 15) is 13.2 Å². The molecule has 1 saturated carbocycles. The Kier molecular flexibility index (Phi) is 5.36. The Morgan fingerprint density at radius 2 is 2.00 bits per heavy atom. The Morgan fingerprint density at radius 3 is 2.67 bits per heavy atom. The predicted molar refractivity (Wildman–Crippen MR) is 83.6 cm³/mol. The maximum atomic E-state index is 12.1. The van der Waals surface area contributed by atoms with Crippen molar-refractivity contribution in [2.45, 2.75) is 43.9 Å². The van der Waals surface area contributed by atoms with Gasteiger partial charge in [0.1, 0.15) is 0 Å². The van der Waals surface area contributed by atoms with E-state index < -0.39 is 9.84 Å². The van der Waals surface area contributed by atoms with Crippen LogP contribution in [0.2, 0.25) is 0 Å².